The van der Waals surface area contributed by atoms with Gasteiger partial charge in [0.1, 0.15) is 5.75 Å². The SMILES string of the molecule is COc1ccc(CNC(=O)[C@H](C)Sc2ncccn2)cc1. The van der Waals surface area contributed by atoms with Crippen LogP contribution in [0.5, 0.6) is 5.75 Å². The van der Waals surface area contributed by atoms with Gasteiger partial charge in [-0.15, -0.1) is 0 Å². The minimum Gasteiger partial charge on any atom is -0.497 e. The first kappa shape index (κ1) is 15.3. The van der Waals surface area contributed by atoms with Crippen LogP contribution in [-0.4, -0.2) is 28.2 Å². The van der Waals surface area contributed by atoms with E-state index in [1.54, 1.807) is 25.6 Å². The van der Waals surface area contributed by atoms with Crippen molar-refractivity contribution in [3.05, 3.63) is 48.3 Å². The summed E-state index contributed by atoms with van der Waals surface area (Å²) in [5.74, 6) is 0.762. The van der Waals surface area contributed by atoms with E-state index < -0.39 is 0 Å². The Bertz CT molecular complexity index is 575. The Hall–Kier alpha value is -2.08. The maximum atomic E-state index is 12.0. The molecule has 0 saturated heterocycles. The highest BCUT2D eigenvalue weighted by atomic mass is 32.2. The molecular weight excluding hydrogens is 286 g/mol. The fourth-order valence-corrected chi connectivity index (χ4v) is 2.38. The number of carbonyl (C=O) groups excluding carboxylic acids is 1. The standard InChI is InChI=1S/C15H17N3O2S/c1-11(21-15-16-8-3-9-17-15)14(19)18-10-12-4-6-13(20-2)7-5-12/h3-9,11H,10H2,1-2H3,(H,18,19)/t11-/m0/s1. The number of hydrogen-bond donors (Lipinski definition) is 1. The Morgan fingerprint density at radius 3 is 2.57 bits per heavy atom. The number of methoxy groups -OCH3 is 1. The molecule has 0 spiro atoms. The van der Waals surface area contributed by atoms with Crippen molar-refractivity contribution in [2.45, 2.75) is 23.9 Å². The summed E-state index contributed by atoms with van der Waals surface area (Å²) < 4.78 is 5.09. The Kier molecular flexibility index (Phi) is 5.57. The second-order valence-electron chi connectivity index (χ2n) is 4.36. The van der Waals surface area contributed by atoms with Crippen molar-refractivity contribution in [1.29, 1.82) is 0 Å². The van der Waals surface area contributed by atoms with Gasteiger partial charge in [0.05, 0.1) is 12.4 Å². The highest BCUT2D eigenvalue weighted by molar-refractivity contribution is 8.00. The van der Waals surface area contributed by atoms with Gasteiger partial charge in [-0.05, 0) is 30.7 Å². The second kappa shape index (κ2) is 7.64. The van der Waals surface area contributed by atoms with Crippen LogP contribution in [0.4, 0.5) is 0 Å². The van der Waals surface area contributed by atoms with E-state index in [1.807, 2.05) is 31.2 Å². The third-order valence-corrected chi connectivity index (χ3v) is 3.81. The predicted octanol–water partition coefficient (Wildman–Crippen LogP) is 2.28. The maximum absolute atomic E-state index is 12.0. The molecule has 1 atom stereocenters. The van der Waals surface area contributed by atoms with Crippen LogP contribution in [0, 0.1) is 0 Å². The van der Waals surface area contributed by atoms with Crippen LogP contribution in [0.15, 0.2) is 47.9 Å². The number of ether oxygens (including phenoxy) is 1. The molecule has 5 nitrogen and oxygen atoms in total. The zero-order valence-corrected chi connectivity index (χ0v) is 12.8. The van der Waals surface area contributed by atoms with Crippen LogP contribution in [0.3, 0.4) is 0 Å². The van der Waals surface area contributed by atoms with E-state index >= 15 is 0 Å². The van der Waals surface area contributed by atoms with Crippen molar-refractivity contribution in [1.82, 2.24) is 15.3 Å². The Labute approximate surface area is 128 Å². The number of nitrogens with one attached hydrogen (secondary N) is 1. The molecule has 0 aliphatic rings. The second-order valence-corrected chi connectivity index (χ2v) is 5.67. The Balaban J connectivity index is 1.83. The van der Waals surface area contributed by atoms with Crippen molar-refractivity contribution >= 4 is 17.7 Å². The molecule has 0 bridgehead atoms. The third kappa shape index (κ3) is 4.75. The van der Waals surface area contributed by atoms with Gasteiger partial charge in [-0.1, -0.05) is 23.9 Å². The molecule has 0 fully saturated rings. The molecule has 110 valence electrons. The number of amides is 1. The number of thioether (sulfide) groups is 1. The van der Waals surface area contributed by atoms with Crippen LogP contribution in [-0.2, 0) is 11.3 Å². The fraction of sp³-hybridized carbons (Fsp3) is 0.267. The smallest absolute Gasteiger partial charge is 0.233 e. The zero-order valence-electron chi connectivity index (χ0n) is 11.9. The summed E-state index contributed by atoms with van der Waals surface area (Å²) in [6.45, 7) is 2.33. The summed E-state index contributed by atoms with van der Waals surface area (Å²) >= 11 is 1.34. The van der Waals surface area contributed by atoms with Crippen molar-refractivity contribution < 1.29 is 9.53 Å². The quantitative estimate of drug-likeness (QED) is 0.655. The molecule has 21 heavy (non-hydrogen) atoms. The van der Waals surface area contributed by atoms with E-state index in [-0.39, 0.29) is 11.2 Å². The highest BCUT2D eigenvalue weighted by Crippen LogP contribution is 2.18. The molecule has 0 aliphatic heterocycles. The minimum atomic E-state index is -0.245. The van der Waals surface area contributed by atoms with Crippen LogP contribution < -0.4 is 10.1 Å². The van der Waals surface area contributed by atoms with E-state index in [0.29, 0.717) is 11.7 Å². The van der Waals surface area contributed by atoms with Crippen LogP contribution >= 0.6 is 11.8 Å². The average molecular weight is 303 g/mol. The zero-order chi connectivity index (χ0) is 15.1. The number of nitrogens with zero attached hydrogens (tertiary/aromatic N) is 2. The molecule has 0 radical (unpaired) electrons. The lowest BCUT2D eigenvalue weighted by Gasteiger charge is -2.11. The first-order valence-corrected chi connectivity index (χ1v) is 7.41. The molecular formula is C15H17N3O2S. The molecule has 1 aromatic heterocycles. The van der Waals surface area contributed by atoms with Crippen LogP contribution in [0.1, 0.15) is 12.5 Å². The predicted molar refractivity (Wildman–Crippen MR) is 82.2 cm³/mol. The summed E-state index contributed by atoms with van der Waals surface area (Å²) in [4.78, 5) is 20.2. The number of carbonyl (C=O) groups is 1. The molecule has 6 heteroatoms. The summed E-state index contributed by atoms with van der Waals surface area (Å²) in [6.07, 6.45) is 3.33. The molecule has 0 saturated carbocycles. The van der Waals surface area contributed by atoms with Crippen LogP contribution in [0.2, 0.25) is 0 Å². The van der Waals surface area contributed by atoms with E-state index in [4.69, 9.17) is 4.74 Å². The monoisotopic (exact) mass is 303 g/mol. The van der Waals surface area contributed by atoms with Gasteiger partial charge in [0.15, 0.2) is 5.16 Å². The van der Waals surface area contributed by atoms with Gasteiger partial charge in [0.2, 0.25) is 5.91 Å². The summed E-state index contributed by atoms with van der Waals surface area (Å²) in [5, 5.41) is 3.26. The normalized spacial score (nSPS) is 11.7. The third-order valence-electron chi connectivity index (χ3n) is 2.82. The van der Waals surface area contributed by atoms with Crippen molar-refractivity contribution in [3.8, 4) is 5.75 Å². The molecule has 0 unspecified atom stereocenters. The lowest BCUT2D eigenvalue weighted by molar-refractivity contribution is -0.120. The lowest BCUT2D eigenvalue weighted by atomic mass is 10.2. The van der Waals surface area contributed by atoms with Gasteiger partial charge < -0.3 is 10.1 Å². The van der Waals surface area contributed by atoms with Crippen molar-refractivity contribution in [2.75, 3.05) is 7.11 Å². The van der Waals surface area contributed by atoms with Crippen LogP contribution in [0.25, 0.3) is 0 Å². The first-order valence-electron chi connectivity index (χ1n) is 6.53. The summed E-state index contributed by atoms with van der Waals surface area (Å²) in [6, 6.07) is 9.35. The number of hydrogen-bond acceptors (Lipinski definition) is 5. The van der Waals surface area contributed by atoms with Gasteiger partial charge in [-0.25, -0.2) is 9.97 Å². The topological polar surface area (TPSA) is 64.1 Å². The van der Waals surface area contributed by atoms with E-state index in [1.165, 1.54) is 11.8 Å². The lowest BCUT2D eigenvalue weighted by Crippen LogP contribution is -2.30. The molecule has 1 N–H and O–H groups in total. The summed E-state index contributed by atoms with van der Waals surface area (Å²) in [5.41, 5.74) is 1.03. The molecule has 1 heterocycles. The van der Waals surface area contributed by atoms with Crippen molar-refractivity contribution in [3.63, 3.8) is 0 Å². The molecule has 0 aliphatic carbocycles. The van der Waals surface area contributed by atoms with E-state index in [0.717, 1.165) is 11.3 Å². The highest BCUT2D eigenvalue weighted by Gasteiger charge is 2.15. The number of rotatable bonds is 6. The number of aromatic nitrogens is 2. The Morgan fingerprint density at radius 2 is 1.95 bits per heavy atom. The molecule has 2 aromatic rings. The van der Waals surface area contributed by atoms with Gasteiger partial charge in [-0.2, -0.15) is 0 Å². The molecule has 1 aromatic carbocycles. The van der Waals surface area contributed by atoms with Gasteiger partial charge >= 0.3 is 0 Å². The van der Waals surface area contributed by atoms with E-state index in [2.05, 4.69) is 15.3 Å². The van der Waals surface area contributed by atoms with Crippen molar-refractivity contribution in [2.24, 2.45) is 0 Å². The first-order chi connectivity index (χ1) is 10.2. The molecule has 1 amide bonds. The maximum Gasteiger partial charge on any atom is 0.233 e. The number of benzene rings is 1. The van der Waals surface area contributed by atoms with Gasteiger partial charge in [0, 0.05) is 18.9 Å². The Morgan fingerprint density at radius 1 is 1.29 bits per heavy atom. The van der Waals surface area contributed by atoms with Gasteiger partial charge in [-0.3, -0.25) is 4.79 Å². The summed E-state index contributed by atoms with van der Waals surface area (Å²) in [7, 11) is 1.63. The average Bonchev–Trinajstić information content (AvgIpc) is 2.54. The van der Waals surface area contributed by atoms with E-state index in [9.17, 15) is 4.79 Å². The minimum absolute atomic E-state index is 0.0386. The fourth-order valence-electron chi connectivity index (χ4n) is 1.63. The molecule has 2 rings (SSSR count). The largest absolute Gasteiger partial charge is 0.497 e. The van der Waals surface area contributed by atoms with Gasteiger partial charge in [0.25, 0.3) is 0 Å².